The van der Waals surface area contributed by atoms with E-state index >= 15 is 0 Å². The summed E-state index contributed by atoms with van der Waals surface area (Å²) in [6, 6.07) is 0. The van der Waals surface area contributed by atoms with Gasteiger partial charge in [0.25, 0.3) is 0 Å². The van der Waals surface area contributed by atoms with Crippen LogP contribution in [-0.4, -0.2) is 12.6 Å². The molecule has 92 valence electrons. The molecule has 0 amide bonds. The number of esters is 1. The van der Waals surface area contributed by atoms with Crippen LogP contribution in [-0.2, 0) is 9.53 Å². The standard InChI is InChI=1S/C14H24O2/c15-14-12-10-8-6-4-2-1-3-5-7-9-11-13-16-14/h9,11H,1-8,10,12-13H2. The maximum atomic E-state index is 11.3. The average Bonchev–Trinajstić information content (AvgIpc) is 2.29. The lowest BCUT2D eigenvalue weighted by molar-refractivity contribution is -0.142. The number of carbonyl (C=O) groups excluding carboxylic acids is 1. The summed E-state index contributed by atoms with van der Waals surface area (Å²) in [5.74, 6) is -0.0421. The van der Waals surface area contributed by atoms with Crippen LogP contribution >= 0.6 is 0 Å². The first-order chi connectivity index (χ1) is 7.89. The normalized spacial score (nSPS) is 21.9. The molecule has 0 N–H and O–H groups in total. The van der Waals surface area contributed by atoms with Crippen molar-refractivity contribution in [3.63, 3.8) is 0 Å². The van der Waals surface area contributed by atoms with E-state index in [-0.39, 0.29) is 5.97 Å². The second-order valence-electron chi connectivity index (χ2n) is 4.52. The van der Waals surface area contributed by atoms with Gasteiger partial charge in [0.1, 0.15) is 6.61 Å². The smallest absolute Gasteiger partial charge is 0.306 e. The molecule has 1 rings (SSSR count). The Bertz CT molecular complexity index is 209. The molecule has 2 heteroatoms. The topological polar surface area (TPSA) is 26.3 Å². The number of carbonyl (C=O) groups is 1. The zero-order valence-electron chi connectivity index (χ0n) is 10.2. The third-order valence-electron chi connectivity index (χ3n) is 3.01. The molecule has 0 atom stereocenters. The molecule has 0 fully saturated rings. The lowest BCUT2D eigenvalue weighted by Gasteiger charge is -2.02. The molecule has 0 aromatic rings. The third kappa shape index (κ3) is 7.49. The Morgan fingerprint density at radius 2 is 1.44 bits per heavy atom. The Hall–Kier alpha value is -0.790. The number of ether oxygens (including phenoxy) is 1. The van der Waals surface area contributed by atoms with E-state index in [0.717, 1.165) is 12.8 Å². The Morgan fingerprint density at radius 3 is 2.19 bits per heavy atom. The maximum Gasteiger partial charge on any atom is 0.306 e. The highest BCUT2D eigenvalue weighted by molar-refractivity contribution is 5.69. The molecule has 1 heterocycles. The lowest BCUT2D eigenvalue weighted by atomic mass is 10.1. The summed E-state index contributed by atoms with van der Waals surface area (Å²) in [5.41, 5.74) is 0. The highest BCUT2D eigenvalue weighted by atomic mass is 16.5. The van der Waals surface area contributed by atoms with Gasteiger partial charge in [-0.3, -0.25) is 4.79 Å². The summed E-state index contributed by atoms with van der Waals surface area (Å²) in [6.45, 7) is 0.457. The largest absolute Gasteiger partial charge is 0.461 e. The first-order valence-corrected chi connectivity index (χ1v) is 6.70. The number of hydrogen-bond acceptors (Lipinski definition) is 2. The fraction of sp³-hybridized carbons (Fsp3) is 0.786. The first-order valence-electron chi connectivity index (χ1n) is 6.70. The third-order valence-corrected chi connectivity index (χ3v) is 3.01. The van der Waals surface area contributed by atoms with Crippen LogP contribution in [0.4, 0.5) is 0 Å². The Balaban J connectivity index is 2.20. The summed E-state index contributed by atoms with van der Waals surface area (Å²) < 4.78 is 5.09. The summed E-state index contributed by atoms with van der Waals surface area (Å²) in [7, 11) is 0. The first kappa shape index (κ1) is 13.3. The van der Waals surface area contributed by atoms with Crippen molar-refractivity contribution in [1.82, 2.24) is 0 Å². The molecule has 0 spiro atoms. The molecule has 1 aliphatic heterocycles. The summed E-state index contributed by atoms with van der Waals surface area (Å²) in [4.78, 5) is 11.3. The van der Waals surface area contributed by atoms with Gasteiger partial charge in [0.2, 0.25) is 0 Å². The van der Waals surface area contributed by atoms with Crippen molar-refractivity contribution < 1.29 is 9.53 Å². The van der Waals surface area contributed by atoms with E-state index in [1.807, 2.05) is 6.08 Å². The molecule has 0 bridgehead atoms. The van der Waals surface area contributed by atoms with Crippen LogP contribution in [0.25, 0.3) is 0 Å². The molecule has 2 nitrogen and oxygen atoms in total. The minimum atomic E-state index is -0.0421. The van der Waals surface area contributed by atoms with Gasteiger partial charge < -0.3 is 4.74 Å². The van der Waals surface area contributed by atoms with Crippen LogP contribution in [0.15, 0.2) is 12.2 Å². The van der Waals surface area contributed by atoms with Crippen molar-refractivity contribution in [1.29, 1.82) is 0 Å². The van der Waals surface area contributed by atoms with E-state index in [0.29, 0.717) is 13.0 Å². The van der Waals surface area contributed by atoms with Gasteiger partial charge in [0.05, 0.1) is 0 Å². The predicted octanol–water partition coefficient (Wildman–Crippen LogP) is 4.00. The molecular weight excluding hydrogens is 200 g/mol. The summed E-state index contributed by atoms with van der Waals surface area (Å²) in [5, 5.41) is 0. The van der Waals surface area contributed by atoms with Crippen LogP contribution < -0.4 is 0 Å². The zero-order valence-corrected chi connectivity index (χ0v) is 10.2. The molecule has 0 saturated carbocycles. The lowest BCUT2D eigenvalue weighted by Crippen LogP contribution is -2.03. The fourth-order valence-electron chi connectivity index (χ4n) is 1.99. The average molecular weight is 224 g/mol. The van der Waals surface area contributed by atoms with Crippen molar-refractivity contribution in [2.75, 3.05) is 6.61 Å². The van der Waals surface area contributed by atoms with E-state index in [4.69, 9.17) is 4.74 Å². The maximum absolute atomic E-state index is 11.3. The van der Waals surface area contributed by atoms with Gasteiger partial charge in [0.15, 0.2) is 0 Å². The van der Waals surface area contributed by atoms with Gasteiger partial charge in [-0.2, -0.15) is 0 Å². The minimum Gasteiger partial charge on any atom is -0.461 e. The van der Waals surface area contributed by atoms with Gasteiger partial charge in [-0.25, -0.2) is 0 Å². The highest BCUT2D eigenvalue weighted by Gasteiger charge is 2.01. The molecule has 0 unspecified atom stereocenters. The number of rotatable bonds is 0. The molecule has 16 heavy (non-hydrogen) atoms. The second-order valence-corrected chi connectivity index (χ2v) is 4.52. The van der Waals surface area contributed by atoms with Gasteiger partial charge in [-0.05, 0) is 19.3 Å². The Morgan fingerprint density at radius 1 is 0.812 bits per heavy atom. The second kappa shape index (κ2) is 9.44. The van der Waals surface area contributed by atoms with Crippen LogP contribution in [0.2, 0.25) is 0 Å². The molecular formula is C14H24O2. The van der Waals surface area contributed by atoms with Crippen molar-refractivity contribution >= 4 is 5.97 Å². The fourth-order valence-corrected chi connectivity index (χ4v) is 1.99. The highest BCUT2D eigenvalue weighted by Crippen LogP contribution is 2.11. The van der Waals surface area contributed by atoms with Gasteiger partial charge >= 0.3 is 5.97 Å². The van der Waals surface area contributed by atoms with E-state index in [1.165, 1.54) is 44.9 Å². The molecule has 0 aromatic heterocycles. The van der Waals surface area contributed by atoms with E-state index in [2.05, 4.69) is 6.08 Å². The molecule has 0 aromatic carbocycles. The quantitative estimate of drug-likeness (QED) is 0.459. The summed E-state index contributed by atoms with van der Waals surface area (Å²) in [6.07, 6.45) is 15.9. The number of hydrogen-bond donors (Lipinski definition) is 0. The minimum absolute atomic E-state index is 0.0421. The summed E-state index contributed by atoms with van der Waals surface area (Å²) >= 11 is 0. The SMILES string of the molecule is O=C1CCCCCCCCCCC=CCO1. The zero-order chi connectivity index (χ0) is 11.5. The van der Waals surface area contributed by atoms with Gasteiger partial charge in [-0.15, -0.1) is 0 Å². The van der Waals surface area contributed by atoms with E-state index in [1.54, 1.807) is 0 Å². The van der Waals surface area contributed by atoms with Crippen molar-refractivity contribution in [3.05, 3.63) is 12.2 Å². The predicted molar refractivity (Wildman–Crippen MR) is 66.3 cm³/mol. The Kier molecular flexibility index (Phi) is 7.83. The monoisotopic (exact) mass is 224 g/mol. The van der Waals surface area contributed by atoms with Crippen molar-refractivity contribution in [2.45, 2.75) is 64.2 Å². The van der Waals surface area contributed by atoms with Crippen LogP contribution in [0.5, 0.6) is 0 Å². The number of allylic oxidation sites excluding steroid dienone is 1. The van der Waals surface area contributed by atoms with E-state index < -0.39 is 0 Å². The van der Waals surface area contributed by atoms with Crippen LogP contribution in [0, 0.1) is 0 Å². The Labute approximate surface area is 99.1 Å². The molecule has 0 saturated heterocycles. The van der Waals surface area contributed by atoms with Gasteiger partial charge in [0, 0.05) is 6.42 Å². The van der Waals surface area contributed by atoms with Crippen molar-refractivity contribution in [3.8, 4) is 0 Å². The van der Waals surface area contributed by atoms with Crippen LogP contribution in [0.1, 0.15) is 64.2 Å². The van der Waals surface area contributed by atoms with E-state index in [9.17, 15) is 4.79 Å². The molecule has 0 radical (unpaired) electrons. The molecule has 1 aliphatic rings. The van der Waals surface area contributed by atoms with Crippen LogP contribution in [0.3, 0.4) is 0 Å². The number of cyclic esters (lactones) is 1. The molecule has 0 aliphatic carbocycles. The van der Waals surface area contributed by atoms with Crippen molar-refractivity contribution in [2.24, 2.45) is 0 Å². The van der Waals surface area contributed by atoms with Gasteiger partial charge in [-0.1, -0.05) is 50.7 Å².